The van der Waals surface area contributed by atoms with Crippen LogP contribution >= 0.6 is 0 Å². The maximum Gasteiger partial charge on any atom is 0.317 e. The van der Waals surface area contributed by atoms with Crippen LogP contribution < -0.4 is 21.5 Å². The maximum atomic E-state index is 10.6. The maximum absolute atomic E-state index is 10.6. The number of hydrogen-bond donors (Lipinski definition) is 3. The summed E-state index contributed by atoms with van der Waals surface area (Å²) in [6.45, 7) is 0. The molecule has 2 aromatic rings. The Morgan fingerprint density at radius 3 is 2.33 bits per heavy atom. The molecule has 6 heteroatoms. The minimum atomic E-state index is -0.658. The largest absolute Gasteiger partial charge is 0.456 e. The third-order valence-electron chi connectivity index (χ3n) is 2.10. The standard InChI is InChI=1S/C12H12N4O2/c13-8-1-3-9(4-2-8)18-10-5-6-11(15-7-10)16-12(14)17/h1-7H,13H2,(H3,14,15,16,17). The molecule has 0 saturated carbocycles. The van der Waals surface area contributed by atoms with Crippen molar-refractivity contribution >= 4 is 17.5 Å². The molecule has 18 heavy (non-hydrogen) atoms. The van der Waals surface area contributed by atoms with E-state index in [1.54, 1.807) is 36.4 Å². The van der Waals surface area contributed by atoms with Crippen molar-refractivity contribution in [2.24, 2.45) is 5.73 Å². The van der Waals surface area contributed by atoms with Crippen molar-refractivity contribution < 1.29 is 9.53 Å². The first kappa shape index (κ1) is 11.7. The summed E-state index contributed by atoms with van der Waals surface area (Å²) < 4.78 is 5.53. The molecule has 2 rings (SSSR count). The van der Waals surface area contributed by atoms with Gasteiger partial charge in [-0.1, -0.05) is 0 Å². The van der Waals surface area contributed by atoms with Crippen molar-refractivity contribution in [1.82, 2.24) is 4.98 Å². The molecular formula is C12H12N4O2. The van der Waals surface area contributed by atoms with Crippen LogP contribution in [-0.2, 0) is 0 Å². The average Bonchev–Trinajstić information content (AvgIpc) is 2.34. The molecule has 2 amide bonds. The minimum Gasteiger partial charge on any atom is -0.456 e. The number of urea groups is 1. The third-order valence-corrected chi connectivity index (χ3v) is 2.10. The topological polar surface area (TPSA) is 103 Å². The second-order valence-corrected chi connectivity index (χ2v) is 3.54. The summed E-state index contributed by atoms with van der Waals surface area (Å²) in [7, 11) is 0. The SMILES string of the molecule is NC(=O)Nc1ccc(Oc2ccc(N)cc2)cn1. The van der Waals surface area contributed by atoms with Crippen LogP contribution in [0, 0.1) is 0 Å². The molecule has 5 N–H and O–H groups in total. The molecule has 92 valence electrons. The number of nitrogens with one attached hydrogen (secondary N) is 1. The van der Waals surface area contributed by atoms with Crippen molar-refractivity contribution in [1.29, 1.82) is 0 Å². The highest BCUT2D eigenvalue weighted by molar-refractivity contribution is 5.86. The van der Waals surface area contributed by atoms with Gasteiger partial charge in [0.25, 0.3) is 0 Å². The first-order chi connectivity index (χ1) is 8.63. The number of nitrogen functional groups attached to an aromatic ring is 1. The molecule has 0 fully saturated rings. The number of anilines is 2. The zero-order chi connectivity index (χ0) is 13.0. The number of rotatable bonds is 3. The summed E-state index contributed by atoms with van der Waals surface area (Å²) >= 11 is 0. The first-order valence-electron chi connectivity index (χ1n) is 5.19. The Morgan fingerprint density at radius 2 is 1.78 bits per heavy atom. The Kier molecular flexibility index (Phi) is 3.29. The lowest BCUT2D eigenvalue weighted by Crippen LogP contribution is -2.19. The van der Waals surface area contributed by atoms with Crippen molar-refractivity contribution in [3.8, 4) is 11.5 Å². The second kappa shape index (κ2) is 5.05. The van der Waals surface area contributed by atoms with Crippen LogP contribution in [0.4, 0.5) is 16.3 Å². The lowest BCUT2D eigenvalue weighted by atomic mass is 10.3. The van der Waals surface area contributed by atoms with Gasteiger partial charge >= 0.3 is 6.03 Å². The summed E-state index contributed by atoms with van der Waals surface area (Å²) in [6.07, 6.45) is 1.49. The van der Waals surface area contributed by atoms with E-state index in [-0.39, 0.29) is 0 Å². The van der Waals surface area contributed by atoms with Gasteiger partial charge in [0.1, 0.15) is 17.3 Å². The smallest absolute Gasteiger partial charge is 0.317 e. The van der Waals surface area contributed by atoms with Gasteiger partial charge in [0, 0.05) is 5.69 Å². The number of nitrogens with two attached hydrogens (primary N) is 2. The number of pyridine rings is 1. The van der Waals surface area contributed by atoms with Gasteiger partial charge in [-0.05, 0) is 36.4 Å². The molecule has 1 aromatic carbocycles. The highest BCUT2D eigenvalue weighted by Crippen LogP contribution is 2.22. The number of nitrogens with zero attached hydrogens (tertiary/aromatic N) is 1. The molecule has 0 aliphatic heterocycles. The summed E-state index contributed by atoms with van der Waals surface area (Å²) in [5, 5.41) is 2.36. The molecule has 0 unspecified atom stereocenters. The van der Waals surface area contributed by atoms with Crippen molar-refractivity contribution in [2.45, 2.75) is 0 Å². The normalized spacial score (nSPS) is 9.78. The van der Waals surface area contributed by atoms with Crippen LogP contribution in [-0.4, -0.2) is 11.0 Å². The third kappa shape index (κ3) is 3.11. The lowest BCUT2D eigenvalue weighted by molar-refractivity contribution is 0.259. The van der Waals surface area contributed by atoms with E-state index in [0.29, 0.717) is 23.0 Å². The molecular weight excluding hydrogens is 232 g/mol. The minimum absolute atomic E-state index is 0.368. The molecule has 0 radical (unpaired) electrons. The number of carbonyl (C=O) groups is 1. The zero-order valence-electron chi connectivity index (χ0n) is 9.46. The van der Waals surface area contributed by atoms with E-state index in [1.807, 2.05) is 0 Å². The first-order valence-corrected chi connectivity index (χ1v) is 5.19. The van der Waals surface area contributed by atoms with E-state index in [1.165, 1.54) is 6.20 Å². The predicted molar refractivity (Wildman–Crippen MR) is 68.4 cm³/mol. The Hall–Kier alpha value is -2.76. The van der Waals surface area contributed by atoms with Gasteiger partial charge in [-0.2, -0.15) is 0 Å². The van der Waals surface area contributed by atoms with E-state index in [2.05, 4.69) is 10.3 Å². The van der Waals surface area contributed by atoms with Gasteiger partial charge in [-0.15, -0.1) is 0 Å². The fourth-order valence-corrected chi connectivity index (χ4v) is 1.31. The number of amides is 2. The number of aromatic nitrogens is 1. The van der Waals surface area contributed by atoms with Crippen molar-refractivity contribution in [3.63, 3.8) is 0 Å². The van der Waals surface area contributed by atoms with Crippen molar-refractivity contribution in [2.75, 3.05) is 11.1 Å². The molecule has 1 aromatic heterocycles. The Balaban J connectivity index is 2.06. The zero-order valence-corrected chi connectivity index (χ0v) is 9.46. The molecule has 0 spiro atoms. The van der Waals surface area contributed by atoms with Crippen LogP contribution in [0.2, 0.25) is 0 Å². The van der Waals surface area contributed by atoms with E-state index in [9.17, 15) is 4.79 Å². The van der Waals surface area contributed by atoms with Gasteiger partial charge in [-0.25, -0.2) is 9.78 Å². The highest BCUT2D eigenvalue weighted by atomic mass is 16.5. The molecule has 6 nitrogen and oxygen atoms in total. The molecule has 0 aliphatic rings. The van der Waals surface area contributed by atoms with Gasteiger partial charge in [-0.3, -0.25) is 5.32 Å². The van der Waals surface area contributed by atoms with Gasteiger partial charge < -0.3 is 16.2 Å². The lowest BCUT2D eigenvalue weighted by Gasteiger charge is -2.06. The average molecular weight is 244 g/mol. The van der Waals surface area contributed by atoms with Gasteiger partial charge in [0.2, 0.25) is 0 Å². The van der Waals surface area contributed by atoms with Crippen LogP contribution in [0.15, 0.2) is 42.6 Å². The fourth-order valence-electron chi connectivity index (χ4n) is 1.31. The van der Waals surface area contributed by atoms with Gasteiger partial charge in [0.15, 0.2) is 0 Å². The van der Waals surface area contributed by atoms with Crippen LogP contribution in [0.3, 0.4) is 0 Å². The Bertz CT molecular complexity index is 537. The van der Waals surface area contributed by atoms with Gasteiger partial charge in [0.05, 0.1) is 6.20 Å². The number of benzene rings is 1. The number of hydrogen-bond acceptors (Lipinski definition) is 4. The number of ether oxygens (including phenoxy) is 1. The second-order valence-electron chi connectivity index (χ2n) is 3.54. The number of carbonyl (C=O) groups excluding carboxylic acids is 1. The van der Waals surface area contributed by atoms with Crippen molar-refractivity contribution in [3.05, 3.63) is 42.6 Å². The highest BCUT2D eigenvalue weighted by Gasteiger charge is 2.00. The van der Waals surface area contributed by atoms with Crippen LogP contribution in [0.25, 0.3) is 0 Å². The Morgan fingerprint density at radius 1 is 1.11 bits per heavy atom. The molecule has 0 atom stereocenters. The van der Waals surface area contributed by atoms with E-state index >= 15 is 0 Å². The summed E-state index contributed by atoms with van der Waals surface area (Å²) in [5.41, 5.74) is 11.2. The Labute approximate surface area is 104 Å². The quantitative estimate of drug-likeness (QED) is 0.718. The van der Waals surface area contributed by atoms with Crippen LogP contribution in [0.5, 0.6) is 11.5 Å². The summed E-state index contributed by atoms with van der Waals surface area (Å²) in [6, 6.07) is 9.61. The molecule has 0 saturated heterocycles. The van der Waals surface area contributed by atoms with Crippen LogP contribution in [0.1, 0.15) is 0 Å². The predicted octanol–water partition coefficient (Wildman–Crippen LogP) is 1.95. The molecule has 0 bridgehead atoms. The monoisotopic (exact) mass is 244 g/mol. The van der Waals surface area contributed by atoms with E-state index in [4.69, 9.17) is 16.2 Å². The summed E-state index contributed by atoms with van der Waals surface area (Å²) in [4.78, 5) is 14.6. The van der Waals surface area contributed by atoms with E-state index in [0.717, 1.165) is 0 Å². The fraction of sp³-hybridized carbons (Fsp3) is 0. The number of primary amides is 1. The molecule has 1 heterocycles. The molecule has 0 aliphatic carbocycles. The van der Waals surface area contributed by atoms with E-state index < -0.39 is 6.03 Å². The summed E-state index contributed by atoms with van der Waals surface area (Å²) in [5.74, 6) is 1.57.